The third kappa shape index (κ3) is 2.62. The monoisotopic (exact) mass is 347 g/mol. The topological polar surface area (TPSA) is 39.8 Å². The van der Waals surface area contributed by atoms with Crippen LogP contribution in [0.4, 0.5) is 4.39 Å². The average Bonchev–Trinajstić information content (AvgIpc) is 3.04. The highest BCUT2D eigenvalue weighted by molar-refractivity contribution is 5.85. The Morgan fingerprint density at radius 2 is 1.69 bits per heavy atom. The molecule has 2 aromatic carbocycles. The Balaban J connectivity index is 2.08. The minimum absolute atomic E-state index is 0.0220. The molecule has 2 aromatic heterocycles. The highest BCUT2D eigenvalue weighted by atomic mass is 19.1. The highest BCUT2D eigenvalue weighted by Gasteiger charge is 2.17. The van der Waals surface area contributed by atoms with Crippen molar-refractivity contribution in [2.24, 2.45) is 0 Å². The zero-order valence-electron chi connectivity index (χ0n) is 14.6. The van der Waals surface area contributed by atoms with Gasteiger partial charge in [-0.15, -0.1) is 0 Å². The molecule has 0 saturated heterocycles. The average molecular weight is 347 g/mol. The Morgan fingerprint density at radius 1 is 1.00 bits per heavy atom. The Morgan fingerprint density at radius 3 is 2.35 bits per heavy atom. The number of aromatic nitrogens is 3. The van der Waals surface area contributed by atoms with Crippen LogP contribution in [0.25, 0.3) is 28.0 Å². The molecule has 0 aliphatic heterocycles. The molecule has 130 valence electrons. The Hall–Kier alpha value is -3.21. The van der Waals surface area contributed by atoms with Crippen molar-refractivity contribution >= 4 is 11.0 Å². The summed E-state index contributed by atoms with van der Waals surface area (Å²) in [7, 11) is 0. The van der Waals surface area contributed by atoms with Gasteiger partial charge in [0.15, 0.2) is 5.65 Å². The van der Waals surface area contributed by atoms with Gasteiger partial charge in [-0.3, -0.25) is 13.9 Å². The van der Waals surface area contributed by atoms with E-state index >= 15 is 0 Å². The molecule has 26 heavy (non-hydrogen) atoms. The maximum absolute atomic E-state index is 13.4. The first-order valence-electron chi connectivity index (χ1n) is 8.50. The maximum atomic E-state index is 13.4. The molecule has 0 unspecified atom stereocenters. The van der Waals surface area contributed by atoms with Crippen molar-refractivity contribution in [2.45, 2.75) is 19.9 Å². The van der Waals surface area contributed by atoms with E-state index in [4.69, 9.17) is 0 Å². The quantitative estimate of drug-likeness (QED) is 0.544. The fourth-order valence-corrected chi connectivity index (χ4v) is 3.13. The van der Waals surface area contributed by atoms with Gasteiger partial charge < -0.3 is 0 Å². The first-order chi connectivity index (χ1) is 12.6. The third-order valence-electron chi connectivity index (χ3n) is 4.45. The van der Waals surface area contributed by atoms with E-state index in [-0.39, 0.29) is 17.4 Å². The van der Waals surface area contributed by atoms with E-state index in [9.17, 15) is 9.18 Å². The second-order valence-corrected chi connectivity index (χ2v) is 6.50. The predicted octanol–water partition coefficient (Wildman–Crippen LogP) is 4.57. The van der Waals surface area contributed by atoms with Crippen molar-refractivity contribution in [3.05, 3.63) is 83.2 Å². The number of fused-ring (bicyclic) bond motifs is 1. The second kappa shape index (κ2) is 6.26. The van der Waals surface area contributed by atoms with Crippen molar-refractivity contribution < 1.29 is 4.39 Å². The van der Waals surface area contributed by atoms with E-state index in [1.165, 1.54) is 12.1 Å². The summed E-state index contributed by atoms with van der Waals surface area (Å²) in [4.78, 5) is 17.4. The van der Waals surface area contributed by atoms with Crippen LogP contribution in [0.3, 0.4) is 0 Å². The first kappa shape index (κ1) is 16.3. The van der Waals surface area contributed by atoms with Crippen LogP contribution >= 0.6 is 0 Å². The number of benzene rings is 2. The van der Waals surface area contributed by atoms with Crippen LogP contribution < -0.4 is 5.56 Å². The van der Waals surface area contributed by atoms with Crippen molar-refractivity contribution in [3.63, 3.8) is 0 Å². The molecule has 0 amide bonds. The molecule has 5 heteroatoms. The van der Waals surface area contributed by atoms with Gasteiger partial charge in [-0.2, -0.15) is 0 Å². The van der Waals surface area contributed by atoms with Gasteiger partial charge in [-0.1, -0.05) is 30.3 Å². The van der Waals surface area contributed by atoms with Crippen LogP contribution in [0.1, 0.15) is 19.9 Å². The largest absolute Gasteiger partial charge is 0.296 e. The summed E-state index contributed by atoms with van der Waals surface area (Å²) in [5.74, 6) is -0.304. The van der Waals surface area contributed by atoms with Gasteiger partial charge in [0.25, 0.3) is 5.56 Å². The van der Waals surface area contributed by atoms with Gasteiger partial charge >= 0.3 is 0 Å². The smallest absolute Gasteiger partial charge is 0.263 e. The molecule has 4 rings (SSSR count). The van der Waals surface area contributed by atoms with E-state index < -0.39 is 0 Å². The molecule has 0 fully saturated rings. The van der Waals surface area contributed by atoms with Crippen molar-refractivity contribution in [2.75, 3.05) is 0 Å². The molecular weight excluding hydrogens is 329 g/mol. The molecule has 0 saturated carbocycles. The van der Waals surface area contributed by atoms with E-state index in [2.05, 4.69) is 4.98 Å². The summed E-state index contributed by atoms with van der Waals surface area (Å²) < 4.78 is 16.9. The summed E-state index contributed by atoms with van der Waals surface area (Å²) in [5, 5.41) is 0.546. The molecule has 0 aliphatic rings. The summed E-state index contributed by atoms with van der Waals surface area (Å²) in [6.07, 6.45) is 1.57. The standard InChI is InChI=1S/C21H18FN3O/c1-14(2)24-13-23-20-18(21(24)26)12-19(15-6-4-3-5-7-15)25(20)17-10-8-16(22)9-11-17/h3-14H,1-2H3. The number of nitrogens with zero attached hydrogens (tertiary/aromatic N) is 3. The van der Waals surface area contributed by atoms with Crippen LogP contribution in [0.2, 0.25) is 0 Å². The lowest BCUT2D eigenvalue weighted by molar-refractivity contribution is 0.573. The molecule has 4 aromatic rings. The van der Waals surface area contributed by atoms with Gasteiger partial charge in [0, 0.05) is 11.7 Å². The van der Waals surface area contributed by atoms with Gasteiger partial charge in [-0.05, 0) is 49.7 Å². The summed E-state index contributed by atoms with van der Waals surface area (Å²) in [6.45, 7) is 3.90. The van der Waals surface area contributed by atoms with Crippen LogP contribution in [0.15, 0.2) is 71.8 Å². The molecule has 0 N–H and O–H groups in total. The zero-order chi connectivity index (χ0) is 18.3. The molecule has 0 aliphatic carbocycles. The molecule has 4 nitrogen and oxygen atoms in total. The van der Waals surface area contributed by atoms with Gasteiger partial charge in [-0.25, -0.2) is 9.37 Å². The van der Waals surface area contributed by atoms with Crippen LogP contribution in [-0.4, -0.2) is 14.1 Å². The minimum Gasteiger partial charge on any atom is -0.296 e. The minimum atomic E-state index is -0.304. The van der Waals surface area contributed by atoms with Crippen molar-refractivity contribution in [1.82, 2.24) is 14.1 Å². The molecule has 0 radical (unpaired) electrons. The molecule has 0 spiro atoms. The normalized spacial score (nSPS) is 11.4. The third-order valence-corrected chi connectivity index (χ3v) is 4.45. The van der Waals surface area contributed by atoms with Crippen LogP contribution in [0.5, 0.6) is 0 Å². The molecular formula is C21H18FN3O. The Labute approximate surface area is 150 Å². The number of halogens is 1. The number of rotatable bonds is 3. The lowest BCUT2D eigenvalue weighted by Gasteiger charge is -2.12. The van der Waals surface area contributed by atoms with E-state index in [1.807, 2.05) is 54.8 Å². The van der Waals surface area contributed by atoms with E-state index in [0.717, 1.165) is 16.9 Å². The Bertz CT molecular complexity index is 1130. The highest BCUT2D eigenvalue weighted by Crippen LogP contribution is 2.29. The summed E-state index contributed by atoms with van der Waals surface area (Å²) >= 11 is 0. The molecule has 0 bridgehead atoms. The molecule has 0 atom stereocenters. The number of hydrogen-bond donors (Lipinski definition) is 0. The van der Waals surface area contributed by atoms with Crippen molar-refractivity contribution in [3.8, 4) is 16.9 Å². The van der Waals surface area contributed by atoms with Gasteiger partial charge in [0.05, 0.1) is 11.1 Å². The first-order valence-corrected chi connectivity index (χ1v) is 8.50. The lowest BCUT2D eigenvalue weighted by Crippen LogP contribution is -2.22. The Kier molecular flexibility index (Phi) is 3.92. The molecule has 2 heterocycles. The van der Waals surface area contributed by atoms with Gasteiger partial charge in [0.1, 0.15) is 12.1 Å². The fourth-order valence-electron chi connectivity index (χ4n) is 3.13. The zero-order valence-corrected chi connectivity index (χ0v) is 14.6. The second-order valence-electron chi connectivity index (χ2n) is 6.50. The fraction of sp³-hybridized carbons (Fsp3) is 0.143. The van der Waals surface area contributed by atoms with E-state index in [0.29, 0.717) is 11.0 Å². The van der Waals surface area contributed by atoms with Crippen LogP contribution in [-0.2, 0) is 0 Å². The summed E-state index contributed by atoms with van der Waals surface area (Å²) in [6, 6.07) is 17.9. The predicted molar refractivity (Wildman–Crippen MR) is 101 cm³/mol. The number of hydrogen-bond acceptors (Lipinski definition) is 2. The van der Waals surface area contributed by atoms with Gasteiger partial charge in [0.2, 0.25) is 0 Å². The van der Waals surface area contributed by atoms with Crippen molar-refractivity contribution in [1.29, 1.82) is 0 Å². The lowest BCUT2D eigenvalue weighted by atomic mass is 10.1. The van der Waals surface area contributed by atoms with E-state index in [1.54, 1.807) is 23.0 Å². The SMILES string of the molecule is CC(C)n1cnc2c(cc(-c3ccccc3)n2-c2ccc(F)cc2)c1=O. The summed E-state index contributed by atoms with van der Waals surface area (Å²) in [5.41, 5.74) is 3.05. The van der Waals surface area contributed by atoms with Crippen LogP contribution in [0, 0.1) is 5.82 Å². The maximum Gasteiger partial charge on any atom is 0.263 e.